The third-order valence-corrected chi connectivity index (χ3v) is 11.3. The molecule has 3 aromatic rings. The maximum atomic E-state index is 15.3. The van der Waals surface area contributed by atoms with Crippen molar-refractivity contribution in [2.45, 2.75) is 37.3 Å². The van der Waals surface area contributed by atoms with Gasteiger partial charge in [-0.25, -0.2) is 4.98 Å². The number of phenolic OH excluding ortho intramolecular Hbond substituents is 1. The lowest BCUT2D eigenvalue weighted by Gasteiger charge is -2.51. The standard InChI is InChI=1S/C36H31Cl2F3N4O7/c1-4-44-31(47)21-10-9-20-22(27(21)33(44)49)14-23-32(48)45(43-30-24(38)11-17(15-42-30)36(39,40)41)34(50)35(23,16-5-7-18(37)8-6-16)29(20)28-25(51-2)12-19(46)13-26(28)52-3/h5-9,11-13,15,21-23,27,29,46H,4,10,14H2,1-3H3,(H,42,43)/t21-,22+,23-,27-,29+,35+/m0/s1. The summed E-state index contributed by atoms with van der Waals surface area (Å²) in [5, 5.41) is 11.2. The number of halogens is 5. The van der Waals surface area contributed by atoms with Gasteiger partial charge in [0.05, 0.1) is 48.0 Å². The number of benzene rings is 2. The van der Waals surface area contributed by atoms with Gasteiger partial charge < -0.3 is 14.6 Å². The van der Waals surface area contributed by atoms with Gasteiger partial charge in [0, 0.05) is 41.4 Å². The van der Waals surface area contributed by atoms with E-state index in [1.165, 1.54) is 31.3 Å². The number of methoxy groups -OCH3 is 2. The molecule has 0 bridgehead atoms. The number of amides is 4. The largest absolute Gasteiger partial charge is 0.508 e. The van der Waals surface area contributed by atoms with Crippen LogP contribution in [0.3, 0.4) is 0 Å². The quantitative estimate of drug-likeness (QED) is 0.215. The van der Waals surface area contributed by atoms with Gasteiger partial charge in [0.15, 0.2) is 5.82 Å². The molecule has 2 N–H and O–H groups in total. The molecule has 6 atom stereocenters. The number of hydrogen-bond donors (Lipinski definition) is 2. The van der Waals surface area contributed by atoms with Gasteiger partial charge in [0.25, 0.3) is 11.8 Å². The van der Waals surface area contributed by atoms with Crippen LogP contribution in [-0.4, -0.2) is 64.4 Å². The van der Waals surface area contributed by atoms with Crippen LogP contribution in [0.4, 0.5) is 19.0 Å². The smallest absolute Gasteiger partial charge is 0.417 e. The summed E-state index contributed by atoms with van der Waals surface area (Å²) >= 11 is 12.6. The van der Waals surface area contributed by atoms with Crippen LogP contribution in [0.2, 0.25) is 10.0 Å². The van der Waals surface area contributed by atoms with Crippen molar-refractivity contribution in [2.75, 3.05) is 26.2 Å². The Labute approximate surface area is 305 Å². The predicted molar refractivity (Wildman–Crippen MR) is 180 cm³/mol. The van der Waals surface area contributed by atoms with Crippen LogP contribution in [0.1, 0.15) is 42.4 Å². The number of phenols is 1. The Morgan fingerprint density at radius 3 is 2.21 bits per heavy atom. The van der Waals surface area contributed by atoms with Gasteiger partial charge in [0.2, 0.25) is 11.8 Å². The zero-order valence-electron chi connectivity index (χ0n) is 27.8. The molecular formula is C36H31Cl2F3N4O7. The molecule has 7 rings (SSSR count). The van der Waals surface area contributed by atoms with Crippen molar-refractivity contribution in [3.05, 3.63) is 87.0 Å². The second-order valence-corrected chi connectivity index (χ2v) is 13.9. The van der Waals surface area contributed by atoms with Crippen molar-refractivity contribution in [3.63, 3.8) is 0 Å². The van der Waals surface area contributed by atoms with Gasteiger partial charge in [-0.3, -0.25) is 29.5 Å². The first kappa shape index (κ1) is 35.6. The molecule has 3 heterocycles. The summed E-state index contributed by atoms with van der Waals surface area (Å²) in [5.74, 6) is -7.25. The first-order valence-electron chi connectivity index (χ1n) is 16.3. The summed E-state index contributed by atoms with van der Waals surface area (Å²) in [6, 6.07) is 9.63. The number of anilines is 1. The number of hydrazine groups is 1. The Morgan fingerprint density at radius 1 is 0.981 bits per heavy atom. The molecule has 0 radical (unpaired) electrons. The molecule has 0 unspecified atom stereocenters. The molecule has 2 saturated heterocycles. The molecule has 4 amide bonds. The van der Waals surface area contributed by atoms with Crippen LogP contribution in [0.25, 0.3) is 0 Å². The Bertz CT molecular complexity index is 2030. The van der Waals surface area contributed by atoms with Gasteiger partial charge in [-0.05, 0) is 49.4 Å². The van der Waals surface area contributed by atoms with Gasteiger partial charge in [0.1, 0.15) is 17.2 Å². The minimum Gasteiger partial charge on any atom is -0.508 e. The van der Waals surface area contributed by atoms with E-state index in [0.717, 1.165) is 0 Å². The molecule has 2 aliphatic heterocycles. The molecule has 0 spiro atoms. The summed E-state index contributed by atoms with van der Waals surface area (Å²) in [7, 11) is 2.73. The van der Waals surface area contributed by atoms with E-state index in [4.69, 9.17) is 32.7 Å². The van der Waals surface area contributed by atoms with Crippen molar-refractivity contribution >= 4 is 52.6 Å². The van der Waals surface area contributed by atoms with E-state index in [9.17, 15) is 32.7 Å². The number of alkyl halides is 3. The average molecular weight is 760 g/mol. The number of carbonyl (C=O) groups excluding carboxylic acids is 4. The molecule has 4 aliphatic rings. The lowest BCUT2D eigenvalue weighted by atomic mass is 9.49. The minimum atomic E-state index is -4.76. The van der Waals surface area contributed by atoms with E-state index < -0.39 is 63.6 Å². The number of ether oxygens (including phenoxy) is 2. The van der Waals surface area contributed by atoms with Crippen molar-refractivity contribution in [1.29, 1.82) is 0 Å². The first-order chi connectivity index (χ1) is 24.7. The summed E-state index contributed by atoms with van der Waals surface area (Å²) in [6.45, 7) is 1.86. The molecule has 2 aliphatic carbocycles. The minimum absolute atomic E-state index is 0.0532. The molecule has 3 fully saturated rings. The lowest BCUT2D eigenvalue weighted by molar-refractivity contribution is -0.141. The number of hydrogen-bond acceptors (Lipinski definition) is 9. The molecule has 2 aromatic carbocycles. The van der Waals surface area contributed by atoms with E-state index in [-0.39, 0.29) is 59.8 Å². The number of aromatic nitrogens is 1. The zero-order chi connectivity index (χ0) is 37.4. The number of imide groups is 2. The fourth-order valence-electron chi connectivity index (χ4n) is 8.68. The van der Waals surface area contributed by atoms with Crippen LogP contribution in [0.15, 0.2) is 60.3 Å². The van der Waals surface area contributed by atoms with Crippen molar-refractivity contribution in [3.8, 4) is 17.2 Å². The number of rotatable bonds is 7. The number of pyridine rings is 1. The van der Waals surface area contributed by atoms with Crippen molar-refractivity contribution in [2.24, 2.45) is 23.7 Å². The van der Waals surface area contributed by atoms with Crippen LogP contribution < -0.4 is 14.9 Å². The Morgan fingerprint density at radius 2 is 1.63 bits per heavy atom. The Hall–Kier alpha value is -4.82. The summed E-state index contributed by atoms with van der Waals surface area (Å²) in [6.07, 6.45) is -2.28. The number of carbonyl (C=O) groups is 4. The van der Waals surface area contributed by atoms with Crippen molar-refractivity contribution in [1.82, 2.24) is 14.9 Å². The summed E-state index contributed by atoms with van der Waals surface area (Å²) in [4.78, 5) is 62.5. The van der Waals surface area contributed by atoms with Gasteiger partial charge in [-0.15, -0.1) is 0 Å². The molecule has 52 heavy (non-hydrogen) atoms. The van der Waals surface area contributed by atoms with Gasteiger partial charge in [-0.1, -0.05) is 47.0 Å². The fraction of sp³-hybridized carbons (Fsp3) is 0.361. The number of nitrogens with one attached hydrogen (secondary N) is 1. The van der Waals surface area contributed by atoms with Gasteiger partial charge >= 0.3 is 6.18 Å². The maximum absolute atomic E-state index is 15.3. The van der Waals surface area contributed by atoms with E-state index >= 15 is 4.79 Å². The molecule has 1 aromatic heterocycles. The number of allylic oxidation sites excluding steroid dienone is 2. The first-order valence-corrected chi connectivity index (χ1v) is 17.1. The predicted octanol–water partition coefficient (Wildman–Crippen LogP) is 6.13. The molecule has 1 saturated carbocycles. The maximum Gasteiger partial charge on any atom is 0.417 e. The number of nitrogens with zero attached hydrogens (tertiary/aromatic N) is 3. The highest BCUT2D eigenvalue weighted by Gasteiger charge is 2.71. The lowest BCUT2D eigenvalue weighted by Crippen LogP contribution is -2.53. The summed E-state index contributed by atoms with van der Waals surface area (Å²) in [5.41, 5.74) is 0.857. The van der Waals surface area contributed by atoms with Crippen LogP contribution >= 0.6 is 23.2 Å². The number of aromatic hydroxyl groups is 1. The SMILES string of the molecule is CCN1C(=O)[C@H]2[C@H](CC=C3[C@H]2C[C@H]2C(=O)N(Nc4ncc(C(F)(F)F)cc4Cl)C(=O)[C@@]2(c2ccc(Cl)cc2)[C@H]3c2c(OC)cc(O)cc2OC)C1=O. The zero-order valence-corrected chi connectivity index (χ0v) is 29.3. The van der Waals surface area contributed by atoms with Crippen LogP contribution in [0.5, 0.6) is 17.2 Å². The monoisotopic (exact) mass is 758 g/mol. The Balaban J connectivity index is 1.49. The van der Waals surface area contributed by atoms with E-state index in [1.807, 2.05) is 6.08 Å². The van der Waals surface area contributed by atoms with Gasteiger partial charge in [-0.2, -0.15) is 18.2 Å². The van der Waals surface area contributed by atoms with E-state index in [2.05, 4.69) is 10.4 Å². The highest BCUT2D eigenvalue weighted by Crippen LogP contribution is 2.66. The fourth-order valence-corrected chi connectivity index (χ4v) is 9.02. The van der Waals surface area contributed by atoms with Crippen LogP contribution in [-0.2, 0) is 30.8 Å². The molecular weight excluding hydrogens is 728 g/mol. The Kier molecular flexibility index (Phi) is 8.68. The third kappa shape index (κ3) is 5.12. The highest BCUT2D eigenvalue weighted by atomic mass is 35.5. The topological polar surface area (TPSA) is 138 Å². The molecule has 16 heteroatoms. The van der Waals surface area contributed by atoms with E-state index in [0.29, 0.717) is 33.4 Å². The normalized spacial score (nSPS) is 26.9. The second-order valence-electron chi connectivity index (χ2n) is 13.1. The third-order valence-electron chi connectivity index (χ3n) is 10.8. The average Bonchev–Trinajstić information content (AvgIpc) is 3.48. The summed E-state index contributed by atoms with van der Waals surface area (Å²) < 4.78 is 51.9. The second kappa shape index (κ2) is 12.7. The molecule has 11 nitrogen and oxygen atoms in total. The van der Waals surface area contributed by atoms with Crippen LogP contribution in [0, 0.1) is 23.7 Å². The van der Waals surface area contributed by atoms with E-state index in [1.54, 1.807) is 31.2 Å². The highest BCUT2D eigenvalue weighted by molar-refractivity contribution is 6.33. The number of fused-ring (bicyclic) bond motifs is 4. The van der Waals surface area contributed by atoms with Crippen molar-refractivity contribution < 1.29 is 46.9 Å². The molecule has 272 valence electrons. The number of likely N-dealkylation sites (tertiary alicyclic amines) is 1.